The predicted octanol–water partition coefficient (Wildman–Crippen LogP) is 4.02. The van der Waals surface area contributed by atoms with Gasteiger partial charge < -0.3 is 4.90 Å². The molecule has 0 unspecified atom stereocenters. The molecule has 0 spiro atoms. The van der Waals surface area contributed by atoms with Crippen molar-refractivity contribution in [3.05, 3.63) is 52.2 Å². The fourth-order valence-electron chi connectivity index (χ4n) is 2.09. The Bertz CT molecular complexity index is 533. The number of carbonyl (C=O) groups excluding carboxylic acids is 1. The molecule has 19 heavy (non-hydrogen) atoms. The zero-order valence-electron chi connectivity index (χ0n) is 11.4. The largest absolute Gasteiger partial charge is 0.374 e. The van der Waals surface area contributed by atoms with Gasteiger partial charge in [0.05, 0.1) is 0 Å². The SMILES string of the molecule is CCC(=O)c1ccccc1N(C)CCc1cccs1. The van der Waals surface area contributed by atoms with Gasteiger partial charge in [0, 0.05) is 36.1 Å². The summed E-state index contributed by atoms with van der Waals surface area (Å²) >= 11 is 1.78. The highest BCUT2D eigenvalue weighted by Gasteiger charge is 2.12. The predicted molar refractivity (Wildman–Crippen MR) is 82.4 cm³/mol. The zero-order valence-corrected chi connectivity index (χ0v) is 12.2. The van der Waals surface area contributed by atoms with E-state index in [2.05, 4.69) is 29.5 Å². The molecule has 0 fully saturated rings. The fourth-order valence-corrected chi connectivity index (χ4v) is 2.78. The second kappa shape index (κ2) is 6.53. The lowest BCUT2D eigenvalue weighted by atomic mass is 10.1. The number of benzene rings is 1. The van der Waals surface area contributed by atoms with Gasteiger partial charge in [-0.05, 0) is 30.0 Å². The normalized spacial score (nSPS) is 10.4. The molecule has 1 heterocycles. The summed E-state index contributed by atoms with van der Waals surface area (Å²) in [5, 5.41) is 2.10. The average Bonchev–Trinajstić information content (AvgIpc) is 2.97. The first-order chi connectivity index (χ1) is 9.22. The quantitative estimate of drug-likeness (QED) is 0.741. The van der Waals surface area contributed by atoms with Crippen LogP contribution >= 0.6 is 11.3 Å². The van der Waals surface area contributed by atoms with Gasteiger partial charge in [-0.3, -0.25) is 4.79 Å². The zero-order chi connectivity index (χ0) is 13.7. The summed E-state index contributed by atoms with van der Waals surface area (Å²) in [6, 6.07) is 12.1. The van der Waals surface area contributed by atoms with Crippen molar-refractivity contribution in [2.24, 2.45) is 0 Å². The van der Waals surface area contributed by atoms with Gasteiger partial charge in [0.15, 0.2) is 5.78 Å². The highest BCUT2D eigenvalue weighted by molar-refractivity contribution is 7.09. The Morgan fingerprint density at radius 3 is 2.68 bits per heavy atom. The van der Waals surface area contributed by atoms with E-state index in [1.165, 1.54) is 4.88 Å². The first-order valence-corrected chi connectivity index (χ1v) is 7.46. The van der Waals surface area contributed by atoms with Gasteiger partial charge in [-0.2, -0.15) is 0 Å². The van der Waals surface area contributed by atoms with E-state index in [0.29, 0.717) is 6.42 Å². The maximum Gasteiger partial charge on any atom is 0.164 e. The van der Waals surface area contributed by atoms with Crippen LogP contribution < -0.4 is 4.90 Å². The van der Waals surface area contributed by atoms with Gasteiger partial charge in [0.1, 0.15) is 0 Å². The number of para-hydroxylation sites is 1. The Labute approximate surface area is 118 Å². The number of ketones is 1. The molecule has 2 aromatic rings. The second-order valence-electron chi connectivity index (χ2n) is 4.54. The van der Waals surface area contributed by atoms with Crippen LogP contribution in [0.2, 0.25) is 0 Å². The number of hydrogen-bond donors (Lipinski definition) is 0. The molecular formula is C16H19NOS. The third kappa shape index (κ3) is 3.44. The summed E-state index contributed by atoms with van der Waals surface area (Å²) < 4.78 is 0. The van der Waals surface area contributed by atoms with Gasteiger partial charge in [0.2, 0.25) is 0 Å². The summed E-state index contributed by atoms with van der Waals surface area (Å²) in [4.78, 5) is 15.5. The molecule has 3 heteroatoms. The minimum Gasteiger partial charge on any atom is -0.374 e. The highest BCUT2D eigenvalue weighted by Crippen LogP contribution is 2.21. The van der Waals surface area contributed by atoms with Crippen LogP contribution in [0, 0.1) is 0 Å². The fraction of sp³-hybridized carbons (Fsp3) is 0.312. The molecule has 1 aromatic heterocycles. The van der Waals surface area contributed by atoms with Crippen molar-refractivity contribution < 1.29 is 4.79 Å². The molecule has 0 amide bonds. The summed E-state index contributed by atoms with van der Waals surface area (Å²) in [5.74, 6) is 0.207. The van der Waals surface area contributed by atoms with E-state index in [-0.39, 0.29) is 5.78 Å². The van der Waals surface area contributed by atoms with E-state index in [4.69, 9.17) is 0 Å². The maximum absolute atomic E-state index is 11.9. The van der Waals surface area contributed by atoms with Crippen molar-refractivity contribution in [1.82, 2.24) is 0 Å². The van der Waals surface area contributed by atoms with Gasteiger partial charge in [0.25, 0.3) is 0 Å². The summed E-state index contributed by atoms with van der Waals surface area (Å²) in [6.07, 6.45) is 1.57. The molecule has 0 atom stereocenters. The van der Waals surface area contributed by atoms with Gasteiger partial charge in [-0.25, -0.2) is 0 Å². The number of anilines is 1. The average molecular weight is 273 g/mol. The van der Waals surface area contributed by atoms with Crippen molar-refractivity contribution in [2.45, 2.75) is 19.8 Å². The molecule has 100 valence electrons. The Morgan fingerprint density at radius 2 is 2.00 bits per heavy atom. The van der Waals surface area contributed by atoms with Crippen LogP contribution in [0.5, 0.6) is 0 Å². The number of hydrogen-bond acceptors (Lipinski definition) is 3. The topological polar surface area (TPSA) is 20.3 Å². The molecule has 0 radical (unpaired) electrons. The molecule has 0 saturated carbocycles. The molecule has 2 nitrogen and oxygen atoms in total. The summed E-state index contributed by atoms with van der Waals surface area (Å²) in [5.41, 5.74) is 1.87. The Hall–Kier alpha value is -1.61. The van der Waals surface area contributed by atoms with Crippen LogP contribution in [-0.2, 0) is 6.42 Å². The second-order valence-corrected chi connectivity index (χ2v) is 5.58. The first kappa shape index (κ1) is 13.8. The highest BCUT2D eigenvalue weighted by atomic mass is 32.1. The third-order valence-corrected chi connectivity index (χ3v) is 4.15. The minimum absolute atomic E-state index is 0.207. The molecule has 0 N–H and O–H groups in total. The Morgan fingerprint density at radius 1 is 1.21 bits per heavy atom. The number of nitrogens with zero attached hydrogens (tertiary/aromatic N) is 1. The van der Waals surface area contributed by atoms with Crippen LogP contribution in [0.15, 0.2) is 41.8 Å². The van der Waals surface area contributed by atoms with Crippen molar-refractivity contribution in [3.63, 3.8) is 0 Å². The number of thiophene rings is 1. The van der Waals surface area contributed by atoms with Crippen molar-refractivity contribution in [2.75, 3.05) is 18.5 Å². The van der Waals surface area contributed by atoms with E-state index in [9.17, 15) is 4.79 Å². The molecule has 0 aliphatic rings. The van der Waals surface area contributed by atoms with Crippen LogP contribution in [-0.4, -0.2) is 19.4 Å². The number of likely N-dealkylation sites (N-methyl/N-ethyl adjacent to an activating group) is 1. The van der Waals surface area contributed by atoms with Crippen LogP contribution in [0.3, 0.4) is 0 Å². The van der Waals surface area contributed by atoms with E-state index < -0.39 is 0 Å². The monoisotopic (exact) mass is 273 g/mol. The molecule has 0 aliphatic carbocycles. The van der Waals surface area contributed by atoms with Crippen molar-refractivity contribution in [3.8, 4) is 0 Å². The molecule has 1 aromatic carbocycles. The Balaban J connectivity index is 2.10. The third-order valence-electron chi connectivity index (χ3n) is 3.21. The standard InChI is InChI=1S/C16H19NOS/c1-3-16(18)14-8-4-5-9-15(14)17(2)11-10-13-7-6-12-19-13/h4-9,12H,3,10-11H2,1-2H3. The molecule has 2 rings (SSSR count). The van der Waals surface area contributed by atoms with E-state index in [1.54, 1.807) is 11.3 Å². The van der Waals surface area contributed by atoms with Gasteiger partial charge in [-0.1, -0.05) is 25.1 Å². The molecule has 0 bridgehead atoms. The van der Waals surface area contributed by atoms with Crippen molar-refractivity contribution >= 4 is 22.8 Å². The summed E-state index contributed by atoms with van der Waals surface area (Å²) in [6.45, 7) is 2.83. The maximum atomic E-state index is 11.9. The van der Waals surface area contributed by atoms with E-state index in [1.807, 2.05) is 31.2 Å². The minimum atomic E-state index is 0.207. The molecule has 0 aliphatic heterocycles. The first-order valence-electron chi connectivity index (χ1n) is 6.58. The number of rotatable bonds is 6. The van der Waals surface area contributed by atoms with Crippen LogP contribution in [0.1, 0.15) is 28.6 Å². The van der Waals surface area contributed by atoms with E-state index in [0.717, 1.165) is 24.2 Å². The lowest BCUT2D eigenvalue weighted by molar-refractivity contribution is 0.0988. The van der Waals surface area contributed by atoms with Crippen LogP contribution in [0.4, 0.5) is 5.69 Å². The summed E-state index contributed by atoms with van der Waals surface area (Å²) in [7, 11) is 2.05. The lowest BCUT2D eigenvalue weighted by Crippen LogP contribution is -2.22. The van der Waals surface area contributed by atoms with Crippen molar-refractivity contribution in [1.29, 1.82) is 0 Å². The molecular weight excluding hydrogens is 254 g/mol. The lowest BCUT2D eigenvalue weighted by Gasteiger charge is -2.21. The van der Waals surface area contributed by atoms with Crippen LogP contribution in [0.25, 0.3) is 0 Å². The number of carbonyl (C=O) groups is 1. The van der Waals surface area contributed by atoms with Gasteiger partial charge >= 0.3 is 0 Å². The Kier molecular flexibility index (Phi) is 4.74. The smallest absolute Gasteiger partial charge is 0.164 e. The van der Waals surface area contributed by atoms with Gasteiger partial charge in [-0.15, -0.1) is 11.3 Å². The van der Waals surface area contributed by atoms with E-state index >= 15 is 0 Å². The molecule has 0 saturated heterocycles. The number of Topliss-reactive ketones (excluding diaryl/α,β-unsaturated/α-hetero) is 1.